The molecule has 0 radical (unpaired) electrons. The van der Waals surface area contributed by atoms with Gasteiger partial charge in [-0.2, -0.15) is 16.9 Å². The average molecular weight is 314 g/mol. The number of hydrogen-bond acceptors (Lipinski definition) is 6. The molecule has 3 unspecified atom stereocenters. The Morgan fingerprint density at radius 1 is 1.67 bits per heavy atom. The Morgan fingerprint density at radius 2 is 2.43 bits per heavy atom. The minimum Gasteiger partial charge on any atom is -0.390 e. The second kappa shape index (κ2) is 7.24. The molecule has 0 aliphatic heterocycles. The van der Waals surface area contributed by atoms with Crippen LogP contribution in [0.25, 0.3) is 0 Å². The summed E-state index contributed by atoms with van der Waals surface area (Å²) in [5, 5.41) is 25.3. The molecule has 3 atom stereocenters. The second-order valence-corrected chi connectivity index (χ2v) is 6.62. The molecule has 0 spiro atoms. The molecule has 0 bridgehead atoms. The molecule has 1 saturated carbocycles. The lowest BCUT2D eigenvalue weighted by Crippen LogP contribution is -2.41. The van der Waals surface area contributed by atoms with Crippen LogP contribution in [0.4, 0.5) is 5.69 Å². The Balaban J connectivity index is 1.85. The Morgan fingerprint density at radius 3 is 3.05 bits per heavy atom. The van der Waals surface area contributed by atoms with Crippen molar-refractivity contribution in [2.45, 2.75) is 43.2 Å². The lowest BCUT2D eigenvalue weighted by Gasteiger charge is -2.30. The first kappa shape index (κ1) is 16.3. The van der Waals surface area contributed by atoms with Crippen molar-refractivity contribution >= 4 is 17.4 Å². The van der Waals surface area contributed by atoms with E-state index in [2.05, 4.69) is 16.3 Å². The van der Waals surface area contributed by atoms with Crippen molar-refractivity contribution in [3.63, 3.8) is 0 Å². The van der Waals surface area contributed by atoms with Gasteiger partial charge in [0, 0.05) is 17.8 Å². The fraction of sp³-hybridized carbons (Fsp3) is 0.769. The maximum atomic E-state index is 10.6. The summed E-state index contributed by atoms with van der Waals surface area (Å²) in [6.45, 7) is 0.824. The maximum Gasteiger partial charge on any atom is 0.306 e. The molecule has 1 N–H and O–H groups in total. The topological polar surface area (TPSA) is 84.4 Å². The van der Waals surface area contributed by atoms with E-state index >= 15 is 0 Å². The molecule has 2 rings (SSSR count). The summed E-state index contributed by atoms with van der Waals surface area (Å²) < 4.78 is 1.43. The van der Waals surface area contributed by atoms with E-state index in [-0.39, 0.29) is 12.2 Å². The molecule has 1 aliphatic rings. The van der Waals surface area contributed by atoms with Crippen LogP contribution >= 0.6 is 11.8 Å². The number of thioether (sulfide) groups is 1. The average Bonchev–Trinajstić information content (AvgIpc) is 3.06. The molecule has 8 heteroatoms. The monoisotopic (exact) mass is 314 g/mol. The van der Waals surface area contributed by atoms with Crippen LogP contribution in [0, 0.1) is 10.1 Å². The van der Waals surface area contributed by atoms with E-state index < -0.39 is 11.0 Å². The number of rotatable bonds is 7. The van der Waals surface area contributed by atoms with Crippen molar-refractivity contribution in [2.75, 3.05) is 19.8 Å². The number of aliphatic hydroxyl groups is 1. The highest BCUT2D eigenvalue weighted by Gasteiger charge is 2.30. The van der Waals surface area contributed by atoms with Crippen molar-refractivity contribution in [3.05, 3.63) is 22.5 Å². The van der Waals surface area contributed by atoms with E-state index in [1.807, 2.05) is 18.8 Å². The van der Waals surface area contributed by atoms with Gasteiger partial charge >= 0.3 is 5.69 Å². The number of aromatic nitrogens is 2. The van der Waals surface area contributed by atoms with E-state index in [1.54, 1.807) is 0 Å². The summed E-state index contributed by atoms with van der Waals surface area (Å²) in [4.78, 5) is 12.3. The number of nitro groups is 1. The Labute approximate surface area is 128 Å². The van der Waals surface area contributed by atoms with E-state index in [4.69, 9.17) is 0 Å². The lowest BCUT2D eigenvalue weighted by atomic mass is 10.2. The molecule has 0 amide bonds. The number of likely N-dealkylation sites (N-methyl/N-ethyl adjacent to an activating group) is 1. The molecule has 118 valence electrons. The van der Waals surface area contributed by atoms with Crippen molar-refractivity contribution in [1.29, 1.82) is 0 Å². The minimum absolute atomic E-state index is 0.0474. The molecule has 7 nitrogen and oxygen atoms in total. The van der Waals surface area contributed by atoms with E-state index in [0.29, 0.717) is 17.8 Å². The highest BCUT2D eigenvalue weighted by molar-refractivity contribution is 7.99. The Hall–Kier alpha value is -1.12. The number of aliphatic hydroxyl groups excluding tert-OH is 1. The zero-order valence-electron chi connectivity index (χ0n) is 12.4. The fourth-order valence-corrected chi connectivity index (χ4v) is 4.03. The first-order chi connectivity index (χ1) is 10.0. The van der Waals surface area contributed by atoms with E-state index in [0.717, 1.165) is 0 Å². The van der Waals surface area contributed by atoms with Crippen LogP contribution in [-0.2, 0) is 6.54 Å². The van der Waals surface area contributed by atoms with Gasteiger partial charge in [0.15, 0.2) is 0 Å². The molecule has 1 fully saturated rings. The first-order valence-electron chi connectivity index (χ1n) is 7.09. The van der Waals surface area contributed by atoms with Crippen LogP contribution in [0.2, 0.25) is 0 Å². The van der Waals surface area contributed by atoms with Gasteiger partial charge in [-0.15, -0.1) is 0 Å². The molecule has 21 heavy (non-hydrogen) atoms. The molecule has 0 aromatic carbocycles. The predicted octanol–water partition coefficient (Wildman–Crippen LogP) is 1.37. The smallest absolute Gasteiger partial charge is 0.306 e. The summed E-state index contributed by atoms with van der Waals surface area (Å²) in [7, 11) is 2.04. The third-order valence-corrected chi connectivity index (χ3v) is 5.17. The summed E-state index contributed by atoms with van der Waals surface area (Å²) in [5.74, 6) is 0. The van der Waals surface area contributed by atoms with Gasteiger partial charge < -0.3 is 5.11 Å². The zero-order chi connectivity index (χ0) is 15.4. The normalized spacial score (nSPS) is 23.6. The number of hydrogen-bond donors (Lipinski definition) is 1. The summed E-state index contributed by atoms with van der Waals surface area (Å²) in [6, 6.07) is 0.501. The second-order valence-electron chi connectivity index (χ2n) is 5.54. The van der Waals surface area contributed by atoms with Gasteiger partial charge in [-0.05, 0) is 26.1 Å². The molecule has 1 aromatic heterocycles. The standard InChI is InChI=1S/C13H22N4O3S/c1-15(12-4-3-5-13(12)21-2)8-11(18)9-16-7-10(6-14-16)17(19)20/h6-7,11-13,18H,3-5,8-9H2,1-2H3. The molecule has 1 heterocycles. The zero-order valence-corrected chi connectivity index (χ0v) is 13.2. The van der Waals surface area contributed by atoms with E-state index in [9.17, 15) is 15.2 Å². The predicted molar refractivity (Wildman–Crippen MR) is 82.5 cm³/mol. The van der Waals surface area contributed by atoms with Crippen LogP contribution in [0.15, 0.2) is 12.4 Å². The summed E-state index contributed by atoms with van der Waals surface area (Å²) in [5.41, 5.74) is -0.0474. The van der Waals surface area contributed by atoms with Crippen molar-refractivity contribution in [1.82, 2.24) is 14.7 Å². The molecule has 1 aromatic rings. The summed E-state index contributed by atoms with van der Waals surface area (Å²) >= 11 is 1.89. The van der Waals surface area contributed by atoms with Crippen LogP contribution in [-0.4, -0.2) is 62.0 Å². The Kier molecular flexibility index (Phi) is 5.60. The maximum absolute atomic E-state index is 10.6. The van der Waals surface area contributed by atoms with Gasteiger partial charge in [-0.25, -0.2) is 0 Å². The molecular formula is C13H22N4O3S. The molecule has 1 aliphatic carbocycles. The minimum atomic E-state index is -0.586. The number of nitrogens with zero attached hydrogens (tertiary/aromatic N) is 4. The highest BCUT2D eigenvalue weighted by atomic mass is 32.2. The summed E-state index contributed by atoms with van der Waals surface area (Å²) in [6.07, 6.45) is 7.75. The van der Waals surface area contributed by atoms with Crippen LogP contribution in [0.1, 0.15) is 19.3 Å². The van der Waals surface area contributed by atoms with Gasteiger partial charge in [-0.3, -0.25) is 19.7 Å². The lowest BCUT2D eigenvalue weighted by molar-refractivity contribution is -0.385. The van der Waals surface area contributed by atoms with Crippen molar-refractivity contribution < 1.29 is 10.0 Å². The van der Waals surface area contributed by atoms with Gasteiger partial charge in [0.1, 0.15) is 12.4 Å². The third-order valence-electron chi connectivity index (χ3n) is 4.01. The SMILES string of the molecule is CSC1CCCC1N(C)CC(O)Cn1cc([N+](=O)[O-])cn1. The van der Waals surface area contributed by atoms with Gasteiger partial charge in [0.25, 0.3) is 0 Å². The van der Waals surface area contributed by atoms with Gasteiger partial charge in [0.05, 0.1) is 17.6 Å². The molecular weight excluding hydrogens is 292 g/mol. The van der Waals surface area contributed by atoms with Crippen LogP contribution in [0.5, 0.6) is 0 Å². The molecule has 0 saturated heterocycles. The fourth-order valence-electron chi connectivity index (χ4n) is 2.97. The van der Waals surface area contributed by atoms with Crippen molar-refractivity contribution in [3.8, 4) is 0 Å². The van der Waals surface area contributed by atoms with Crippen LogP contribution in [0.3, 0.4) is 0 Å². The van der Waals surface area contributed by atoms with E-state index in [1.165, 1.54) is 36.3 Å². The third kappa shape index (κ3) is 4.18. The van der Waals surface area contributed by atoms with Crippen molar-refractivity contribution in [2.24, 2.45) is 0 Å². The van der Waals surface area contributed by atoms with Crippen LogP contribution < -0.4 is 0 Å². The highest BCUT2D eigenvalue weighted by Crippen LogP contribution is 2.31. The quantitative estimate of drug-likeness (QED) is 0.604. The Bertz CT molecular complexity index is 482. The largest absolute Gasteiger partial charge is 0.390 e. The van der Waals surface area contributed by atoms with Gasteiger partial charge in [0.2, 0.25) is 0 Å². The first-order valence-corrected chi connectivity index (χ1v) is 8.38. The van der Waals surface area contributed by atoms with Gasteiger partial charge in [-0.1, -0.05) is 6.42 Å².